The Morgan fingerprint density at radius 3 is 2.45 bits per heavy atom. The topological polar surface area (TPSA) is 23.5 Å². The van der Waals surface area contributed by atoms with E-state index >= 15 is 0 Å². The number of hydrogen-bond acceptors (Lipinski definition) is 2. The number of rotatable bonds is 4. The van der Waals surface area contributed by atoms with Crippen LogP contribution >= 0.6 is 15.9 Å². The molecular weight excluding hydrogens is 314 g/mol. The Balaban J connectivity index is 2.57. The second-order valence-electron chi connectivity index (χ2n) is 4.54. The van der Waals surface area contributed by atoms with E-state index < -0.39 is 0 Å². The first-order chi connectivity index (χ1) is 9.63. The molecule has 104 valence electrons. The average Bonchev–Trinajstić information content (AvgIpc) is 2.43. The van der Waals surface area contributed by atoms with Crippen molar-refractivity contribution < 1.29 is 5.11 Å². The van der Waals surface area contributed by atoms with Crippen LogP contribution in [0.2, 0.25) is 0 Å². The maximum atomic E-state index is 9.57. The Labute approximate surface area is 128 Å². The molecule has 20 heavy (non-hydrogen) atoms. The van der Waals surface area contributed by atoms with E-state index in [0.29, 0.717) is 5.76 Å². The van der Waals surface area contributed by atoms with Crippen LogP contribution in [0.3, 0.4) is 0 Å². The summed E-state index contributed by atoms with van der Waals surface area (Å²) in [5.74, 6) is 0.300. The first-order valence-electron chi connectivity index (χ1n) is 6.62. The molecule has 0 bridgehead atoms. The smallest absolute Gasteiger partial charge is 0.0898 e. The minimum Gasteiger partial charge on any atom is -0.513 e. The lowest BCUT2D eigenvalue weighted by Gasteiger charge is -2.26. The molecule has 0 fully saturated rings. The van der Waals surface area contributed by atoms with Crippen LogP contribution in [0.25, 0.3) is 6.08 Å². The van der Waals surface area contributed by atoms with Gasteiger partial charge in [-0.05, 0) is 54.1 Å². The van der Waals surface area contributed by atoms with Crippen molar-refractivity contribution in [2.24, 2.45) is 0 Å². The van der Waals surface area contributed by atoms with Gasteiger partial charge in [0.1, 0.15) is 0 Å². The third-order valence-corrected chi connectivity index (χ3v) is 3.68. The van der Waals surface area contributed by atoms with E-state index in [1.165, 1.54) is 0 Å². The van der Waals surface area contributed by atoms with E-state index in [-0.39, 0.29) is 0 Å². The van der Waals surface area contributed by atoms with Crippen molar-refractivity contribution in [1.82, 2.24) is 0 Å². The summed E-state index contributed by atoms with van der Waals surface area (Å²) in [6, 6.07) is 16.2. The van der Waals surface area contributed by atoms with Crippen molar-refractivity contribution >= 4 is 33.4 Å². The molecule has 0 amide bonds. The van der Waals surface area contributed by atoms with Crippen LogP contribution < -0.4 is 4.90 Å². The fraction of sp³-hybridized carbons (Fsp3) is 0.176. The fourth-order valence-electron chi connectivity index (χ4n) is 2.24. The first kappa shape index (κ1) is 14.7. The van der Waals surface area contributed by atoms with Gasteiger partial charge < -0.3 is 10.0 Å². The Bertz CT molecular complexity index is 604. The zero-order valence-electron chi connectivity index (χ0n) is 11.7. The SMILES string of the molecule is CCN(c1ccccc1)c1c(Br)cccc1/C=C(/C)O. The summed E-state index contributed by atoms with van der Waals surface area (Å²) >= 11 is 3.62. The summed E-state index contributed by atoms with van der Waals surface area (Å²) in [5.41, 5.74) is 3.19. The van der Waals surface area contributed by atoms with E-state index in [0.717, 1.165) is 28.0 Å². The number of anilines is 2. The van der Waals surface area contributed by atoms with Crippen LogP contribution in [-0.2, 0) is 0 Å². The highest BCUT2D eigenvalue weighted by molar-refractivity contribution is 9.10. The number of benzene rings is 2. The fourth-order valence-corrected chi connectivity index (χ4v) is 2.83. The molecule has 0 heterocycles. The highest BCUT2D eigenvalue weighted by Crippen LogP contribution is 2.36. The van der Waals surface area contributed by atoms with Gasteiger partial charge >= 0.3 is 0 Å². The van der Waals surface area contributed by atoms with Crippen LogP contribution in [0.4, 0.5) is 11.4 Å². The Morgan fingerprint density at radius 1 is 1.15 bits per heavy atom. The van der Waals surface area contributed by atoms with Gasteiger partial charge in [-0.2, -0.15) is 0 Å². The van der Waals surface area contributed by atoms with Crippen LogP contribution in [-0.4, -0.2) is 11.7 Å². The number of aliphatic hydroxyl groups excluding tert-OH is 1. The minimum absolute atomic E-state index is 0.300. The van der Waals surface area contributed by atoms with Crippen molar-refractivity contribution in [3.8, 4) is 0 Å². The quantitative estimate of drug-likeness (QED) is 0.745. The maximum absolute atomic E-state index is 9.57. The van der Waals surface area contributed by atoms with E-state index in [9.17, 15) is 5.11 Å². The zero-order valence-corrected chi connectivity index (χ0v) is 13.3. The number of aliphatic hydroxyl groups is 1. The molecule has 0 spiro atoms. The molecule has 2 aromatic rings. The van der Waals surface area contributed by atoms with Crippen LogP contribution in [0.5, 0.6) is 0 Å². The van der Waals surface area contributed by atoms with Gasteiger partial charge in [-0.3, -0.25) is 0 Å². The Kier molecular flexibility index (Phi) is 4.85. The van der Waals surface area contributed by atoms with Gasteiger partial charge in [0.05, 0.1) is 11.4 Å². The number of nitrogens with zero attached hydrogens (tertiary/aromatic N) is 1. The van der Waals surface area contributed by atoms with Crippen LogP contribution in [0.15, 0.2) is 58.8 Å². The van der Waals surface area contributed by atoms with E-state index in [4.69, 9.17) is 0 Å². The van der Waals surface area contributed by atoms with Gasteiger partial charge in [0.15, 0.2) is 0 Å². The van der Waals surface area contributed by atoms with Crippen LogP contribution in [0.1, 0.15) is 19.4 Å². The molecule has 2 rings (SSSR count). The van der Waals surface area contributed by atoms with E-state index in [1.807, 2.05) is 36.4 Å². The molecule has 0 aliphatic rings. The summed E-state index contributed by atoms with van der Waals surface area (Å²) in [6.07, 6.45) is 1.78. The van der Waals surface area contributed by atoms with Gasteiger partial charge in [-0.25, -0.2) is 0 Å². The normalized spacial score (nSPS) is 11.4. The predicted molar refractivity (Wildman–Crippen MR) is 89.5 cm³/mol. The van der Waals surface area contributed by atoms with E-state index in [2.05, 4.69) is 39.9 Å². The molecule has 0 aliphatic carbocycles. The molecule has 2 nitrogen and oxygen atoms in total. The third-order valence-electron chi connectivity index (χ3n) is 3.04. The zero-order chi connectivity index (χ0) is 14.5. The van der Waals surface area contributed by atoms with Crippen molar-refractivity contribution in [2.45, 2.75) is 13.8 Å². The molecule has 0 atom stereocenters. The minimum atomic E-state index is 0.300. The van der Waals surface area contributed by atoms with Crippen molar-refractivity contribution in [3.63, 3.8) is 0 Å². The Morgan fingerprint density at radius 2 is 1.85 bits per heavy atom. The van der Waals surface area contributed by atoms with Gasteiger partial charge in [0, 0.05) is 22.3 Å². The lowest BCUT2D eigenvalue weighted by molar-refractivity contribution is 0.420. The molecule has 0 unspecified atom stereocenters. The maximum Gasteiger partial charge on any atom is 0.0898 e. The molecular formula is C17H18BrNO. The Hall–Kier alpha value is -1.74. The van der Waals surface area contributed by atoms with Crippen molar-refractivity contribution in [2.75, 3.05) is 11.4 Å². The number of allylic oxidation sites excluding steroid dienone is 1. The standard InChI is InChI=1S/C17H18BrNO/c1-3-19(15-9-5-4-6-10-15)17-14(12-13(2)20)8-7-11-16(17)18/h4-12,20H,3H2,1-2H3/b13-12-. The first-order valence-corrected chi connectivity index (χ1v) is 7.41. The number of para-hydroxylation sites is 2. The highest BCUT2D eigenvalue weighted by atomic mass is 79.9. The lowest BCUT2D eigenvalue weighted by atomic mass is 10.1. The van der Waals surface area contributed by atoms with Crippen molar-refractivity contribution in [3.05, 3.63) is 64.3 Å². The monoisotopic (exact) mass is 331 g/mol. The number of hydrogen-bond donors (Lipinski definition) is 1. The summed E-state index contributed by atoms with van der Waals surface area (Å²) in [7, 11) is 0. The summed E-state index contributed by atoms with van der Waals surface area (Å²) in [4.78, 5) is 2.22. The lowest BCUT2D eigenvalue weighted by Crippen LogP contribution is -2.17. The molecule has 0 aliphatic heterocycles. The largest absolute Gasteiger partial charge is 0.513 e. The molecule has 0 saturated heterocycles. The molecule has 1 N–H and O–H groups in total. The molecule has 0 radical (unpaired) electrons. The highest BCUT2D eigenvalue weighted by Gasteiger charge is 2.14. The van der Waals surface area contributed by atoms with E-state index in [1.54, 1.807) is 13.0 Å². The van der Waals surface area contributed by atoms with Crippen LogP contribution in [0, 0.1) is 0 Å². The molecule has 2 aromatic carbocycles. The summed E-state index contributed by atoms with van der Waals surface area (Å²) < 4.78 is 1.01. The van der Waals surface area contributed by atoms with Crippen molar-refractivity contribution in [1.29, 1.82) is 0 Å². The molecule has 0 saturated carbocycles. The second-order valence-corrected chi connectivity index (χ2v) is 5.40. The molecule has 3 heteroatoms. The summed E-state index contributed by atoms with van der Waals surface area (Å²) in [6.45, 7) is 4.65. The van der Waals surface area contributed by atoms with Gasteiger partial charge in [0.25, 0.3) is 0 Å². The number of halogens is 1. The summed E-state index contributed by atoms with van der Waals surface area (Å²) in [5, 5.41) is 9.57. The predicted octanol–water partition coefficient (Wildman–Crippen LogP) is 5.53. The average molecular weight is 332 g/mol. The third kappa shape index (κ3) is 3.23. The van der Waals surface area contributed by atoms with Gasteiger partial charge in [-0.15, -0.1) is 0 Å². The van der Waals surface area contributed by atoms with Gasteiger partial charge in [0.2, 0.25) is 0 Å². The second kappa shape index (κ2) is 6.62. The molecule has 0 aromatic heterocycles. The van der Waals surface area contributed by atoms with Gasteiger partial charge in [-0.1, -0.05) is 30.3 Å².